The highest BCUT2D eigenvalue weighted by atomic mass is 35.5. The van der Waals surface area contributed by atoms with E-state index in [4.69, 9.17) is 11.6 Å². The van der Waals surface area contributed by atoms with Crippen LogP contribution in [0.1, 0.15) is 24.7 Å². The highest BCUT2D eigenvalue weighted by Crippen LogP contribution is 2.34. The molecule has 1 unspecified atom stereocenters. The van der Waals surface area contributed by atoms with Crippen LogP contribution in [-0.2, 0) is 6.42 Å². The van der Waals surface area contributed by atoms with E-state index in [1.807, 2.05) is 18.2 Å². The predicted molar refractivity (Wildman–Crippen MR) is 83.0 cm³/mol. The smallest absolute Gasteiger partial charge is 0.178 e. The van der Waals surface area contributed by atoms with Crippen LogP contribution >= 0.6 is 11.6 Å². The Morgan fingerprint density at radius 3 is 3.05 bits per heavy atom. The van der Waals surface area contributed by atoms with Gasteiger partial charge in [-0.2, -0.15) is 0 Å². The number of hydrogen-bond donors (Lipinski definition) is 0. The Hall–Kier alpha value is -1.87. The molecule has 0 saturated carbocycles. The lowest BCUT2D eigenvalue weighted by Gasteiger charge is -2.27. The molecular formula is C16H16ClN3. The van der Waals surface area contributed by atoms with E-state index < -0.39 is 0 Å². The molecule has 0 aliphatic carbocycles. The number of hydrogen-bond acceptors (Lipinski definition) is 2. The fraction of sp³-hybridized carbons (Fsp3) is 0.250. The average Bonchev–Trinajstić information content (AvgIpc) is 2.82. The Balaban J connectivity index is 2.22. The molecule has 0 aromatic carbocycles. The molecule has 0 spiro atoms. The first-order valence-electron chi connectivity index (χ1n) is 6.72. The zero-order chi connectivity index (χ0) is 14.1. The Bertz CT molecular complexity index is 712. The Morgan fingerprint density at radius 1 is 1.45 bits per heavy atom. The van der Waals surface area contributed by atoms with Gasteiger partial charge < -0.3 is 4.57 Å². The first kappa shape index (κ1) is 13.1. The van der Waals surface area contributed by atoms with E-state index in [-0.39, 0.29) is 6.04 Å². The molecule has 20 heavy (non-hydrogen) atoms. The first-order valence-corrected chi connectivity index (χ1v) is 7.10. The third-order valence-corrected chi connectivity index (χ3v) is 3.91. The third kappa shape index (κ3) is 2.08. The standard InChI is InChI=1S/C16H16ClN3/c1-3-6-11(4-2)13-7-5-8-15-19-16-14(20(13)15)9-12(17)10-18-16/h3-4,6,9-10,13H,1-2,5,7-8H2/b11-6+. The second kappa shape index (κ2) is 5.25. The van der Waals surface area contributed by atoms with Crippen molar-refractivity contribution in [1.29, 1.82) is 0 Å². The largest absolute Gasteiger partial charge is 0.319 e. The molecular weight excluding hydrogens is 270 g/mol. The van der Waals surface area contributed by atoms with Crippen molar-refractivity contribution in [3.63, 3.8) is 0 Å². The van der Waals surface area contributed by atoms with Crippen LogP contribution in [0.15, 0.2) is 49.2 Å². The van der Waals surface area contributed by atoms with Crippen molar-refractivity contribution in [2.45, 2.75) is 25.3 Å². The van der Waals surface area contributed by atoms with Crippen molar-refractivity contribution in [2.24, 2.45) is 0 Å². The minimum absolute atomic E-state index is 0.236. The summed E-state index contributed by atoms with van der Waals surface area (Å²) in [6.45, 7) is 7.70. The summed E-state index contributed by atoms with van der Waals surface area (Å²) in [7, 11) is 0. The van der Waals surface area contributed by atoms with Gasteiger partial charge in [0.25, 0.3) is 0 Å². The van der Waals surface area contributed by atoms with E-state index in [0.29, 0.717) is 5.02 Å². The number of nitrogens with zero attached hydrogens (tertiary/aromatic N) is 3. The zero-order valence-corrected chi connectivity index (χ0v) is 12.0. The Morgan fingerprint density at radius 2 is 2.30 bits per heavy atom. The quantitative estimate of drug-likeness (QED) is 0.789. The van der Waals surface area contributed by atoms with Crippen LogP contribution in [0, 0.1) is 0 Å². The molecule has 2 aromatic heterocycles. The maximum absolute atomic E-state index is 6.09. The normalized spacial score (nSPS) is 18.9. The van der Waals surface area contributed by atoms with Crippen molar-refractivity contribution in [1.82, 2.24) is 14.5 Å². The molecule has 0 saturated heterocycles. The summed E-state index contributed by atoms with van der Waals surface area (Å²) in [6.07, 6.45) is 10.5. The van der Waals surface area contributed by atoms with E-state index >= 15 is 0 Å². The van der Waals surface area contributed by atoms with Gasteiger partial charge in [0.15, 0.2) is 5.65 Å². The van der Waals surface area contributed by atoms with Crippen molar-refractivity contribution in [3.05, 3.63) is 60.1 Å². The number of halogens is 1. The predicted octanol–water partition coefficient (Wildman–Crippen LogP) is 4.26. The summed E-state index contributed by atoms with van der Waals surface area (Å²) in [5, 5.41) is 0.636. The van der Waals surface area contributed by atoms with Gasteiger partial charge in [-0.25, -0.2) is 9.97 Å². The molecule has 102 valence electrons. The SMILES string of the molecule is C=C/C=C(\C=C)C1CCCc2nc3ncc(Cl)cc3n21. The van der Waals surface area contributed by atoms with E-state index in [1.165, 1.54) is 0 Å². The summed E-state index contributed by atoms with van der Waals surface area (Å²) in [5.74, 6) is 1.07. The van der Waals surface area contributed by atoms with Crippen molar-refractivity contribution in [3.8, 4) is 0 Å². The van der Waals surface area contributed by atoms with Gasteiger partial charge in [-0.05, 0) is 24.5 Å². The van der Waals surface area contributed by atoms with Gasteiger partial charge in [-0.3, -0.25) is 0 Å². The minimum Gasteiger partial charge on any atom is -0.319 e. The van der Waals surface area contributed by atoms with Crippen LogP contribution in [0.3, 0.4) is 0 Å². The number of allylic oxidation sites excluding steroid dienone is 4. The second-order valence-electron chi connectivity index (χ2n) is 4.91. The first-order chi connectivity index (χ1) is 9.74. The lowest BCUT2D eigenvalue weighted by Crippen LogP contribution is -2.19. The molecule has 0 fully saturated rings. The van der Waals surface area contributed by atoms with E-state index in [1.54, 1.807) is 12.3 Å². The molecule has 1 atom stereocenters. The zero-order valence-electron chi connectivity index (χ0n) is 11.2. The molecule has 3 heterocycles. The van der Waals surface area contributed by atoms with Gasteiger partial charge in [0, 0.05) is 12.6 Å². The van der Waals surface area contributed by atoms with E-state index in [0.717, 1.165) is 41.8 Å². The van der Waals surface area contributed by atoms with Crippen LogP contribution in [0.4, 0.5) is 0 Å². The topological polar surface area (TPSA) is 30.7 Å². The Kier molecular flexibility index (Phi) is 3.45. The van der Waals surface area contributed by atoms with Gasteiger partial charge in [0.1, 0.15) is 5.82 Å². The fourth-order valence-corrected chi connectivity index (χ4v) is 3.03. The van der Waals surface area contributed by atoms with E-state index in [2.05, 4.69) is 27.7 Å². The maximum atomic E-state index is 6.09. The fourth-order valence-electron chi connectivity index (χ4n) is 2.87. The molecule has 0 amide bonds. The molecule has 0 N–H and O–H groups in total. The summed E-state index contributed by atoms with van der Waals surface area (Å²) >= 11 is 6.09. The summed E-state index contributed by atoms with van der Waals surface area (Å²) < 4.78 is 2.24. The maximum Gasteiger partial charge on any atom is 0.178 e. The number of fused-ring (bicyclic) bond motifs is 3. The van der Waals surface area contributed by atoms with Crippen LogP contribution in [-0.4, -0.2) is 14.5 Å². The third-order valence-electron chi connectivity index (χ3n) is 3.71. The molecule has 2 aromatic rings. The number of aryl methyl sites for hydroxylation is 1. The van der Waals surface area contributed by atoms with Gasteiger partial charge >= 0.3 is 0 Å². The summed E-state index contributed by atoms with van der Waals surface area (Å²) in [6, 6.07) is 2.17. The molecule has 0 radical (unpaired) electrons. The lowest BCUT2D eigenvalue weighted by atomic mass is 9.96. The van der Waals surface area contributed by atoms with Crippen molar-refractivity contribution < 1.29 is 0 Å². The highest BCUT2D eigenvalue weighted by Gasteiger charge is 2.25. The minimum atomic E-state index is 0.236. The van der Waals surface area contributed by atoms with Crippen molar-refractivity contribution >= 4 is 22.8 Å². The number of aromatic nitrogens is 3. The van der Waals surface area contributed by atoms with Gasteiger partial charge in [0.2, 0.25) is 0 Å². The summed E-state index contributed by atoms with van der Waals surface area (Å²) in [5.41, 5.74) is 2.91. The molecule has 4 heteroatoms. The average molecular weight is 286 g/mol. The van der Waals surface area contributed by atoms with Gasteiger partial charge in [0.05, 0.1) is 16.6 Å². The lowest BCUT2D eigenvalue weighted by molar-refractivity contribution is 0.460. The monoisotopic (exact) mass is 285 g/mol. The number of rotatable bonds is 3. The second-order valence-corrected chi connectivity index (χ2v) is 5.35. The van der Waals surface area contributed by atoms with Crippen LogP contribution in [0.5, 0.6) is 0 Å². The summed E-state index contributed by atoms with van der Waals surface area (Å²) in [4.78, 5) is 8.95. The molecule has 3 nitrogen and oxygen atoms in total. The van der Waals surface area contributed by atoms with Crippen LogP contribution in [0.2, 0.25) is 5.02 Å². The van der Waals surface area contributed by atoms with Crippen molar-refractivity contribution in [2.75, 3.05) is 0 Å². The number of imidazole rings is 1. The van der Waals surface area contributed by atoms with Gasteiger partial charge in [-0.15, -0.1) is 0 Å². The van der Waals surface area contributed by atoms with Crippen LogP contribution < -0.4 is 0 Å². The highest BCUT2D eigenvalue weighted by molar-refractivity contribution is 6.31. The molecule has 1 aliphatic rings. The van der Waals surface area contributed by atoms with Crippen LogP contribution in [0.25, 0.3) is 11.2 Å². The molecule has 1 aliphatic heterocycles. The number of pyridine rings is 1. The van der Waals surface area contributed by atoms with Gasteiger partial charge in [-0.1, -0.05) is 43.0 Å². The Labute approximate surface area is 123 Å². The van der Waals surface area contributed by atoms with E-state index in [9.17, 15) is 0 Å². The molecule has 0 bridgehead atoms. The molecule has 3 rings (SSSR count).